The summed E-state index contributed by atoms with van der Waals surface area (Å²) in [5.74, 6) is 0. The molecule has 2 heterocycles. The van der Waals surface area contributed by atoms with Gasteiger partial charge in [0.1, 0.15) is 0 Å². The van der Waals surface area contributed by atoms with Crippen LogP contribution >= 0.6 is 0 Å². The highest BCUT2D eigenvalue weighted by Gasteiger charge is 2.42. The monoisotopic (exact) mass is 241 g/mol. The molecule has 2 atom stereocenters. The van der Waals surface area contributed by atoms with E-state index >= 15 is 0 Å². The minimum atomic E-state index is 0.0895. The van der Waals surface area contributed by atoms with E-state index in [1.807, 2.05) is 4.90 Å². The van der Waals surface area contributed by atoms with E-state index in [1.165, 1.54) is 0 Å². The maximum atomic E-state index is 11.9. The summed E-state index contributed by atoms with van der Waals surface area (Å²) in [7, 11) is 3.59. The van der Waals surface area contributed by atoms with E-state index in [-0.39, 0.29) is 12.1 Å². The summed E-state index contributed by atoms with van der Waals surface area (Å²) in [6.45, 7) is 7.69. The number of nitrogens with zero attached hydrogens (tertiary/aromatic N) is 3. The lowest BCUT2D eigenvalue weighted by Crippen LogP contribution is -2.53. The number of morpholine rings is 1. The van der Waals surface area contributed by atoms with Gasteiger partial charge in [0.25, 0.3) is 0 Å². The van der Waals surface area contributed by atoms with Crippen LogP contribution in [-0.2, 0) is 4.74 Å². The van der Waals surface area contributed by atoms with Crippen LogP contribution in [0.1, 0.15) is 13.8 Å². The second-order valence-electron chi connectivity index (χ2n) is 5.39. The molecular formula is C12H23N3O2. The highest BCUT2D eigenvalue weighted by molar-refractivity contribution is 5.74. The zero-order valence-electron chi connectivity index (χ0n) is 11.2. The fourth-order valence-corrected chi connectivity index (χ4v) is 2.79. The molecule has 2 amide bonds. The molecular weight excluding hydrogens is 218 g/mol. The summed E-state index contributed by atoms with van der Waals surface area (Å²) in [6, 6.07) is 0.972. The number of ether oxygens (including phenoxy) is 1. The zero-order valence-corrected chi connectivity index (χ0v) is 11.2. The van der Waals surface area contributed by atoms with Crippen molar-refractivity contribution in [3.63, 3.8) is 0 Å². The Morgan fingerprint density at radius 2 is 2.06 bits per heavy atom. The highest BCUT2D eigenvalue weighted by Crippen LogP contribution is 2.24. The minimum absolute atomic E-state index is 0.0895. The van der Waals surface area contributed by atoms with Crippen LogP contribution < -0.4 is 0 Å². The van der Waals surface area contributed by atoms with Crippen molar-refractivity contribution in [3.05, 3.63) is 0 Å². The average molecular weight is 241 g/mol. The molecule has 0 unspecified atom stereocenters. The summed E-state index contributed by atoms with van der Waals surface area (Å²) in [4.78, 5) is 17.9. The number of rotatable bonds is 1. The van der Waals surface area contributed by atoms with E-state index in [2.05, 4.69) is 18.7 Å². The number of hydrogen-bond donors (Lipinski definition) is 0. The molecule has 0 N–H and O–H groups in total. The molecule has 2 fully saturated rings. The van der Waals surface area contributed by atoms with Crippen LogP contribution in [0.15, 0.2) is 0 Å². The lowest BCUT2D eigenvalue weighted by molar-refractivity contribution is -0.0582. The molecule has 0 saturated carbocycles. The van der Waals surface area contributed by atoms with E-state index in [9.17, 15) is 4.79 Å². The van der Waals surface area contributed by atoms with E-state index in [0.29, 0.717) is 12.1 Å². The van der Waals surface area contributed by atoms with Gasteiger partial charge in [-0.1, -0.05) is 0 Å². The number of likely N-dealkylation sites (tertiary alicyclic amines) is 1. The third-order valence-corrected chi connectivity index (χ3v) is 3.66. The van der Waals surface area contributed by atoms with Crippen molar-refractivity contribution in [2.24, 2.45) is 0 Å². The van der Waals surface area contributed by atoms with Crippen LogP contribution in [0.25, 0.3) is 0 Å². The standard InChI is InChI=1S/C12H23N3O2/c1-9(2)15-5-6-17-11-8-14(7-10(11)15)12(16)13(3)4/h9-11H,5-8H2,1-4H3/t10-,11+/m1/s1. The maximum absolute atomic E-state index is 11.9. The second-order valence-corrected chi connectivity index (χ2v) is 5.39. The highest BCUT2D eigenvalue weighted by atomic mass is 16.5. The molecule has 0 bridgehead atoms. The molecule has 0 aromatic heterocycles. The number of hydrogen-bond acceptors (Lipinski definition) is 3. The quantitative estimate of drug-likeness (QED) is 0.669. The number of carbonyl (C=O) groups is 1. The van der Waals surface area contributed by atoms with Crippen molar-refractivity contribution in [3.8, 4) is 0 Å². The van der Waals surface area contributed by atoms with Crippen LogP contribution in [-0.4, -0.2) is 79.3 Å². The smallest absolute Gasteiger partial charge is 0.319 e. The molecule has 2 rings (SSSR count). The third-order valence-electron chi connectivity index (χ3n) is 3.66. The Bertz CT molecular complexity index is 293. The number of carbonyl (C=O) groups excluding carboxylic acids is 1. The third kappa shape index (κ3) is 2.40. The molecule has 17 heavy (non-hydrogen) atoms. The molecule has 0 aromatic carbocycles. The Morgan fingerprint density at radius 1 is 1.35 bits per heavy atom. The molecule has 0 aliphatic carbocycles. The van der Waals surface area contributed by atoms with Gasteiger partial charge < -0.3 is 14.5 Å². The van der Waals surface area contributed by atoms with Gasteiger partial charge in [-0.25, -0.2) is 4.79 Å². The molecule has 5 heteroatoms. The van der Waals surface area contributed by atoms with Crippen LogP contribution in [0.4, 0.5) is 4.79 Å². The molecule has 0 aromatic rings. The van der Waals surface area contributed by atoms with Gasteiger partial charge in [0, 0.05) is 33.2 Å². The topological polar surface area (TPSA) is 36.0 Å². The van der Waals surface area contributed by atoms with Crippen molar-refractivity contribution < 1.29 is 9.53 Å². The van der Waals surface area contributed by atoms with Crippen LogP contribution in [0.2, 0.25) is 0 Å². The first-order valence-corrected chi connectivity index (χ1v) is 6.34. The van der Waals surface area contributed by atoms with Crippen molar-refractivity contribution in [2.45, 2.75) is 32.0 Å². The number of amides is 2. The van der Waals surface area contributed by atoms with Crippen LogP contribution in [0.5, 0.6) is 0 Å². The Labute approximate surface area is 103 Å². The van der Waals surface area contributed by atoms with Gasteiger partial charge >= 0.3 is 6.03 Å². The Balaban J connectivity index is 2.05. The molecule has 0 spiro atoms. The molecule has 2 aliphatic rings. The average Bonchev–Trinajstić information content (AvgIpc) is 2.70. The predicted octanol–water partition coefficient (Wildman–Crippen LogP) is 0.461. The zero-order chi connectivity index (χ0) is 12.6. The molecule has 2 saturated heterocycles. The SMILES string of the molecule is CC(C)N1CCO[C@H]2CN(C(=O)N(C)C)C[C@H]21. The van der Waals surface area contributed by atoms with E-state index in [0.717, 1.165) is 26.2 Å². The summed E-state index contributed by atoms with van der Waals surface area (Å²) < 4.78 is 5.79. The van der Waals surface area contributed by atoms with Gasteiger partial charge in [-0.3, -0.25) is 4.90 Å². The minimum Gasteiger partial charge on any atom is -0.373 e. The van der Waals surface area contributed by atoms with Gasteiger partial charge in [0.15, 0.2) is 0 Å². The molecule has 0 radical (unpaired) electrons. The van der Waals surface area contributed by atoms with E-state index < -0.39 is 0 Å². The normalized spacial score (nSPS) is 29.6. The van der Waals surface area contributed by atoms with Gasteiger partial charge in [-0.15, -0.1) is 0 Å². The first-order valence-electron chi connectivity index (χ1n) is 6.34. The Hall–Kier alpha value is -0.810. The fraction of sp³-hybridized carbons (Fsp3) is 0.917. The van der Waals surface area contributed by atoms with Crippen LogP contribution in [0, 0.1) is 0 Å². The fourth-order valence-electron chi connectivity index (χ4n) is 2.79. The summed E-state index contributed by atoms with van der Waals surface area (Å²) in [5.41, 5.74) is 0. The Morgan fingerprint density at radius 3 is 2.65 bits per heavy atom. The van der Waals surface area contributed by atoms with Gasteiger partial charge in [-0.2, -0.15) is 0 Å². The summed E-state index contributed by atoms with van der Waals surface area (Å²) in [6.07, 6.45) is 0.190. The van der Waals surface area contributed by atoms with Crippen molar-refractivity contribution in [1.82, 2.24) is 14.7 Å². The molecule has 5 nitrogen and oxygen atoms in total. The van der Waals surface area contributed by atoms with Crippen LogP contribution in [0.3, 0.4) is 0 Å². The maximum Gasteiger partial charge on any atom is 0.319 e. The number of fused-ring (bicyclic) bond motifs is 1. The van der Waals surface area contributed by atoms with Crippen molar-refractivity contribution in [1.29, 1.82) is 0 Å². The second kappa shape index (κ2) is 4.82. The van der Waals surface area contributed by atoms with Crippen molar-refractivity contribution >= 4 is 6.03 Å². The Kier molecular flexibility index (Phi) is 3.58. The summed E-state index contributed by atoms with van der Waals surface area (Å²) in [5, 5.41) is 0. The molecule has 2 aliphatic heterocycles. The first-order chi connectivity index (χ1) is 8.00. The van der Waals surface area contributed by atoms with Gasteiger partial charge in [-0.05, 0) is 13.8 Å². The van der Waals surface area contributed by atoms with Crippen molar-refractivity contribution in [2.75, 3.05) is 40.3 Å². The van der Waals surface area contributed by atoms with E-state index in [1.54, 1.807) is 19.0 Å². The largest absolute Gasteiger partial charge is 0.373 e. The lowest BCUT2D eigenvalue weighted by Gasteiger charge is -2.39. The van der Waals surface area contributed by atoms with Gasteiger partial charge in [0.05, 0.1) is 25.3 Å². The first kappa shape index (κ1) is 12.6. The van der Waals surface area contributed by atoms with E-state index in [4.69, 9.17) is 4.74 Å². The predicted molar refractivity (Wildman–Crippen MR) is 66.0 cm³/mol. The van der Waals surface area contributed by atoms with Gasteiger partial charge in [0.2, 0.25) is 0 Å². The lowest BCUT2D eigenvalue weighted by atomic mass is 10.1. The summed E-state index contributed by atoms with van der Waals surface area (Å²) >= 11 is 0. The number of urea groups is 1. The molecule has 98 valence electrons.